The van der Waals surface area contributed by atoms with Crippen LogP contribution in [0.3, 0.4) is 0 Å². The first-order valence-electron chi connectivity index (χ1n) is 6.66. The molecule has 1 aromatic rings. The molecule has 1 aromatic heterocycles. The lowest BCUT2D eigenvalue weighted by Crippen LogP contribution is -2.27. The number of anilines is 1. The van der Waals surface area contributed by atoms with Crippen molar-refractivity contribution in [3.8, 4) is 0 Å². The van der Waals surface area contributed by atoms with Gasteiger partial charge < -0.3 is 5.32 Å². The van der Waals surface area contributed by atoms with Gasteiger partial charge in [0.25, 0.3) is 10.0 Å². The number of rotatable bonds is 8. The lowest BCUT2D eigenvalue weighted by molar-refractivity contribution is 0.549. The molecule has 0 saturated heterocycles. The molecule has 0 saturated carbocycles. The molecule has 108 valence electrons. The molecule has 5 nitrogen and oxygen atoms in total. The summed E-state index contributed by atoms with van der Waals surface area (Å²) in [5.41, 5.74) is 0.557. The van der Waals surface area contributed by atoms with E-state index in [-0.39, 0.29) is 5.03 Å². The van der Waals surface area contributed by atoms with Gasteiger partial charge in [0, 0.05) is 19.3 Å². The second kappa shape index (κ2) is 7.45. The van der Waals surface area contributed by atoms with Crippen LogP contribution in [0, 0.1) is 5.92 Å². The van der Waals surface area contributed by atoms with Crippen molar-refractivity contribution in [2.75, 3.05) is 18.4 Å². The van der Waals surface area contributed by atoms with Gasteiger partial charge in [0.15, 0.2) is 5.03 Å². The number of aromatic nitrogens is 1. The molecule has 0 amide bonds. The van der Waals surface area contributed by atoms with Gasteiger partial charge in [0.1, 0.15) is 0 Å². The molecule has 1 heterocycles. The topological polar surface area (TPSA) is 71.1 Å². The molecule has 0 unspecified atom stereocenters. The van der Waals surface area contributed by atoms with Crippen LogP contribution in [-0.4, -0.2) is 26.5 Å². The normalized spacial score (nSPS) is 11.8. The largest absolute Gasteiger partial charge is 0.383 e. The molecular weight excluding hydrogens is 262 g/mol. The quantitative estimate of drug-likeness (QED) is 0.768. The van der Waals surface area contributed by atoms with Crippen molar-refractivity contribution in [2.24, 2.45) is 5.92 Å². The summed E-state index contributed by atoms with van der Waals surface area (Å²) in [5, 5.41) is 3.16. The van der Waals surface area contributed by atoms with Crippen LogP contribution < -0.4 is 10.0 Å². The van der Waals surface area contributed by atoms with Gasteiger partial charge in [0.05, 0.1) is 5.69 Å². The van der Waals surface area contributed by atoms with E-state index in [0.717, 1.165) is 19.4 Å². The maximum atomic E-state index is 12.2. The molecule has 6 heteroatoms. The average molecular weight is 285 g/mol. The molecule has 0 atom stereocenters. The first-order chi connectivity index (χ1) is 8.97. The first-order valence-corrected chi connectivity index (χ1v) is 8.14. The Balaban J connectivity index is 2.82. The highest BCUT2D eigenvalue weighted by molar-refractivity contribution is 7.89. The highest BCUT2D eigenvalue weighted by Gasteiger charge is 2.19. The Morgan fingerprint density at radius 1 is 1.32 bits per heavy atom. The summed E-state index contributed by atoms with van der Waals surface area (Å²) in [7, 11) is -3.54. The summed E-state index contributed by atoms with van der Waals surface area (Å²) >= 11 is 0. The Hall–Kier alpha value is -1.14. The van der Waals surface area contributed by atoms with Gasteiger partial charge in [-0.1, -0.05) is 20.8 Å². The average Bonchev–Trinajstić information content (AvgIpc) is 2.36. The third-order valence-electron chi connectivity index (χ3n) is 2.60. The highest BCUT2D eigenvalue weighted by atomic mass is 32.2. The molecule has 2 N–H and O–H groups in total. The Bertz CT molecular complexity index is 486. The lowest BCUT2D eigenvalue weighted by Gasteiger charge is -2.12. The van der Waals surface area contributed by atoms with Crippen molar-refractivity contribution in [1.82, 2.24) is 9.71 Å². The summed E-state index contributed by atoms with van der Waals surface area (Å²) in [6.45, 7) is 7.30. The summed E-state index contributed by atoms with van der Waals surface area (Å²) in [6, 6.07) is 3.46. The van der Waals surface area contributed by atoms with Crippen LogP contribution in [-0.2, 0) is 10.0 Å². The number of nitrogens with one attached hydrogen (secondary N) is 2. The van der Waals surface area contributed by atoms with E-state index in [1.807, 2.05) is 6.92 Å². The van der Waals surface area contributed by atoms with E-state index in [1.54, 1.807) is 12.1 Å². The van der Waals surface area contributed by atoms with E-state index < -0.39 is 10.0 Å². The van der Waals surface area contributed by atoms with E-state index in [0.29, 0.717) is 18.2 Å². The predicted molar refractivity (Wildman–Crippen MR) is 77.7 cm³/mol. The second-order valence-corrected chi connectivity index (χ2v) is 6.55. The Kier molecular flexibility index (Phi) is 6.24. The zero-order valence-corrected chi connectivity index (χ0v) is 12.6. The van der Waals surface area contributed by atoms with Gasteiger partial charge in [0.2, 0.25) is 0 Å². The van der Waals surface area contributed by atoms with Crippen LogP contribution in [0.15, 0.2) is 23.4 Å². The van der Waals surface area contributed by atoms with Gasteiger partial charge in [-0.15, -0.1) is 0 Å². The minimum atomic E-state index is -3.54. The number of sulfonamides is 1. The van der Waals surface area contributed by atoms with Gasteiger partial charge >= 0.3 is 0 Å². The smallest absolute Gasteiger partial charge is 0.260 e. The molecule has 0 aliphatic carbocycles. The fourth-order valence-corrected chi connectivity index (χ4v) is 2.70. The van der Waals surface area contributed by atoms with Crippen molar-refractivity contribution in [3.05, 3.63) is 18.3 Å². The summed E-state index contributed by atoms with van der Waals surface area (Å²) in [4.78, 5) is 3.99. The number of hydrogen-bond donors (Lipinski definition) is 2. The standard InChI is InChI=1S/C13H23N3O2S/c1-4-8-14-12-6-5-9-15-13(12)19(17,18)16-10-7-11(2)3/h5-6,9,11,14,16H,4,7-8,10H2,1-3H3. The zero-order valence-electron chi connectivity index (χ0n) is 11.8. The minimum Gasteiger partial charge on any atom is -0.383 e. The summed E-state index contributed by atoms with van der Waals surface area (Å²) < 4.78 is 27.0. The van der Waals surface area contributed by atoms with Crippen molar-refractivity contribution >= 4 is 15.7 Å². The molecule has 0 fully saturated rings. The van der Waals surface area contributed by atoms with Crippen molar-refractivity contribution in [2.45, 2.75) is 38.6 Å². The fourth-order valence-electron chi connectivity index (χ4n) is 1.55. The first kappa shape index (κ1) is 15.9. The van der Waals surface area contributed by atoms with Crippen LogP contribution in [0.25, 0.3) is 0 Å². The number of hydrogen-bond acceptors (Lipinski definition) is 4. The Labute approximate surface area is 115 Å². The third kappa shape index (κ3) is 5.16. The van der Waals surface area contributed by atoms with Gasteiger partial charge in [-0.05, 0) is 30.9 Å². The molecule has 0 aliphatic heterocycles. The van der Waals surface area contributed by atoms with E-state index in [9.17, 15) is 8.42 Å². The fraction of sp³-hybridized carbons (Fsp3) is 0.615. The summed E-state index contributed by atoms with van der Waals surface area (Å²) in [6.07, 6.45) is 3.23. The molecule has 0 aromatic carbocycles. The van der Waals surface area contributed by atoms with Crippen LogP contribution in [0.4, 0.5) is 5.69 Å². The van der Waals surface area contributed by atoms with Crippen molar-refractivity contribution < 1.29 is 8.42 Å². The van der Waals surface area contributed by atoms with E-state index in [2.05, 4.69) is 28.9 Å². The lowest BCUT2D eigenvalue weighted by atomic mass is 10.1. The molecule has 0 radical (unpaired) electrons. The Morgan fingerprint density at radius 2 is 2.05 bits per heavy atom. The zero-order chi connectivity index (χ0) is 14.3. The second-order valence-electron chi connectivity index (χ2n) is 4.86. The van der Waals surface area contributed by atoms with Crippen molar-refractivity contribution in [1.29, 1.82) is 0 Å². The van der Waals surface area contributed by atoms with Gasteiger partial charge in [-0.3, -0.25) is 0 Å². The molecule has 0 spiro atoms. The van der Waals surface area contributed by atoms with Gasteiger partial charge in [-0.2, -0.15) is 0 Å². The summed E-state index contributed by atoms with van der Waals surface area (Å²) in [5.74, 6) is 0.462. The van der Waals surface area contributed by atoms with E-state index in [1.165, 1.54) is 6.20 Å². The van der Waals surface area contributed by atoms with E-state index in [4.69, 9.17) is 0 Å². The third-order valence-corrected chi connectivity index (χ3v) is 4.02. The Morgan fingerprint density at radius 3 is 2.68 bits per heavy atom. The predicted octanol–water partition coefficient (Wildman–Crippen LogP) is 2.23. The molecule has 0 bridgehead atoms. The van der Waals surface area contributed by atoms with Gasteiger partial charge in [-0.25, -0.2) is 18.1 Å². The monoisotopic (exact) mass is 285 g/mol. The molecular formula is C13H23N3O2S. The molecule has 0 aliphatic rings. The van der Waals surface area contributed by atoms with E-state index >= 15 is 0 Å². The van der Waals surface area contributed by atoms with Crippen LogP contribution in [0.5, 0.6) is 0 Å². The van der Waals surface area contributed by atoms with Crippen LogP contribution in [0.1, 0.15) is 33.6 Å². The van der Waals surface area contributed by atoms with Crippen molar-refractivity contribution in [3.63, 3.8) is 0 Å². The maximum absolute atomic E-state index is 12.2. The molecule has 1 rings (SSSR count). The molecule has 19 heavy (non-hydrogen) atoms. The highest BCUT2D eigenvalue weighted by Crippen LogP contribution is 2.17. The minimum absolute atomic E-state index is 0.0761. The number of pyridine rings is 1. The number of nitrogens with zero attached hydrogens (tertiary/aromatic N) is 1. The van der Waals surface area contributed by atoms with Crippen LogP contribution >= 0.6 is 0 Å². The SMILES string of the molecule is CCCNc1cccnc1S(=O)(=O)NCCC(C)C. The van der Waals surface area contributed by atoms with Crippen LogP contribution in [0.2, 0.25) is 0 Å². The maximum Gasteiger partial charge on any atom is 0.260 e.